The van der Waals surface area contributed by atoms with E-state index in [9.17, 15) is 0 Å². The first kappa shape index (κ1) is 6.52. The van der Waals surface area contributed by atoms with Gasteiger partial charge in [0.15, 0.2) is 0 Å². The lowest BCUT2D eigenvalue weighted by Gasteiger charge is -2.02. The number of hydrogen-bond acceptors (Lipinski definition) is 2. The van der Waals surface area contributed by atoms with Crippen LogP contribution in [0.2, 0.25) is 0 Å². The molecule has 50 valence electrons. The Hall–Kier alpha value is -0.600. The molecular weight excluding hydrogens is 116 g/mol. The summed E-state index contributed by atoms with van der Waals surface area (Å²) in [6, 6.07) is 0. The molecule has 1 N–H and O–H groups in total. The summed E-state index contributed by atoms with van der Waals surface area (Å²) in [4.78, 5) is 3.96. The van der Waals surface area contributed by atoms with E-state index in [0.717, 1.165) is 18.4 Å². The quantitative estimate of drug-likeness (QED) is 0.451. The molecule has 0 atom stereocenters. The molecule has 0 amide bonds. The minimum absolute atomic E-state index is 0.316. The van der Waals surface area contributed by atoms with E-state index >= 15 is 0 Å². The molecule has 2 nitrogen and oxygen atoms in total. The fourth-order valence-corrected chi connectivity index (χ4v) is 0.849. The average molecular weight is 126 g/mol. The van der Waals surface area contributed by atoms with Gasteiger partial charge in [-0.05, 0) is 18.4 Å². The molecule has 2 heteroatoms. The summed E-state index contributed by atoms with van der Waals surface area (Å²) >= 11 is 0. The van der Waals surface area contributed by atoms with Crippen LogP contribution in [0.25, 0.3) is 0 Å². The van der Waals surface area contributed by atoms with Crippen LogP contribution in [0.3, 0.4) is 0 Å². The van der Waals surface area contributed by atoms with Crippen LogP contribution >= 0.6 is 0 Å². The van der Waals surface area contributed by atoms with Crippen molar-refractivity contribution in [3.8, 4) is 0 Å². The molecular formula is C7H10O2. The predicted molar refractivity (Wildman–Crippen MR) is 35.0 cm³/mol. The van der Waals surface area contributed by atoms with E-state index < -0.39 is 0 Å². The van der Waals surface area contributed by atoms with Crippen molar-refractivity contribution in [1.82, 2.24) is 0 Å². The van der Waals surface area contributed by atoms with Crippen molar-refractivity contribution in [1.29, 1.82) is 0 Å². The SMILES string of the molecule is OOCC1=CCCC=C1. The van der Waals surface area contributed by atoms with Crippen LogP contribution in [0, 0.1) is 0 Å². The van der Waals surface area contributed by atoms with Crippen molar-refractivity contribution in [3.05, 3.63) is 23.8 Å². The lowest BCUT2D eigenvalue weighted by molar-refractivity contribution is -0.233. The first-order valence-corrected chi connectivity index (χ1v) is 3.05. The van der Waals surface area contributed by atoms with E-state index in [1.54, 1.807) is 0 Å². The van der Waals surface area contributed by atoms with Gasteiger partial charge < -0.3 is 0 Å². The molecule has 1 rings (SSSR count). The first-order chi connectivity index (χ1) is 4.43. The Morgan fingerprint density at radius 2 is 2.44 bits per heavy atom. The fourth-order valence-electron chi connectivity index (χ4n) is 0.849. The van der Waals surface area contributed by atoms with Crippen LogP contribution in [0.4, 0.5) is 0 Å². The molecule has 0 saturated carbocycles. The van der Waals surface area contributed by atoms with E-state index in [1.807, 2.05) is 6.08 Å². The fraction of sp³-hybridized carbons (Fsp3) is 0.429. The number of hydrogen-bond donors (Lipinski definition) is 1. The molecule has 0 fully saturated rings. The summed E-state index contributed by atoms with van der Waals surface area (Å²) in [5, 5.41) is 8.04. The standard InChI is InChI=1S/C7H10O2/c8-9-6-7-4-2-1-3-5-7/h2,4-5,8H,1,3,6H2. The van der Waals surface area contributed by atoms with Gasteiger partial charge in [0.25, 0.3) is 0 Å². The maximum atomic E-state index is 8.04. The maximum Gasteiger partial charge on any atom is 0.107 e. The van der Waals surface area contributed by atoms with Crippen molar-refractivity contribution in [2.45, 2.75) is 12.8 Å². The second-order valence-electron chi connectivity index (χ2n) is 2.03. The largest absolute Gasteiger partial charge is 0.251 e. The molecule has 9 heavy (non-hydrogen) atoms. The van der Waals surface area contributed by atoms with Gasteiger partial charge in [-0.15, -0.1) is 0 Å². The van der Waals surface area contributed by atoms with Crippen molar-refractivity contribution in [2.24, 2.45) is 0 Å². The minimum atomic E-state index is 0.316. The molecule has 0 saturated heterocycles. The molecule has 0 unspecified atom stereocenters. The van der Waals surface area contributed by atoms with Gasteiger partial charge in [0.2, 0.25) is 0 Å². The molecule has 0 bridgehead atoms. The van der Waals surface area contributed by atoms with Gasteiger partial charge in [0, 0.05) is 0 Å². The summed E-state index contributed by atoms with van der Waals surface area (Å²) < 4.78 is 0. The van der Waals surface area contributed by atoms with Crippen LogP contribution in [-0.2, 0) is 4.89 Å². The summed E-state index contributed by atoms with van der Waals surface area (Å²) in [6.07, 6.45) is 8.29. The topological polar surface area (TPSA) is 29.5 Å². The normalized spacial score (nSPS) is 17.7. The van der Waals surface area contributed by atoms with E-state index in [2.05, 4.69) is 17.0 Å². The van der Waals surface area contributed by atoms with Crippen LogP contribution < -0.4 is 0 Å². The molecule has 1 aliphatic rings. The van der Waals surface area contributed by atoms with Gasteiger partial charge in [-0.1, -0.05) is 18.2 Å². The van der Waals surface area contributed by atoms with Gasteiger partial charge in [0.1, 0.15) is 6.61 Å². The molecule has 0 spiro atoms. The van der Waals surface area contributed by atoms with Gasteiger partial charge in [0.05, 0.1) is 0 Å². The van der Waals surface area contributed by atoms with Gasteiger partial charge >= 0.3 is 0 Å². The lowest BCUT2D eigenvalue weighted by atomic mass is 10.1. The number of rotatable bonds is 2. The monoisotopic (exact) mass is 126 g/mol. The zero-order valence-electron chi connectivity index (χ0n) is 5.21. The molecule has 1 aliphatic carbocycles. The van der Waals surface area contributed by atoms with Crippen molar-refractivity contribution < 1.29 is 10.1 Å². The van der Waals surface area contributed by atoms with E-state index in [-0.39, 0.29) is 0 Å². The average Bonchev–Trinajstić information content (AvgIpc) is 1.91. The smallest absolute Gasteiger partial charge is 0.107 e. The summed E-state index contributed by atoms with van der Waals surface area (Å²) in [6.45, 7) is 0.316. The molecule has 0 radical (unpaired) electrons. The zero-order valence-corrected chi connectivity index (χ0v) is 5.21. The molecule has 0 aromatic rings. The Bertz CT molecular complexity index is 136. The van der Waals surface area contributed by atoms with Crippen LogP contribution in [-0.4, -0.2) is 11.9 Å². The summed E-state index contributed by atoms with van der Waals surface area (Å²) in [7, 11) is 0. The third-order valence-electron chi connectivity index (χ3n) is 1.30. The van der Waals surface area contributed by atoms with Gasteiger partial charge in [-0.3, -0.25) is 5.26 Å². The van der Waals surface area contributed by atoms with Crippen molar-refractivity contribution >= 4 is 0 Å². The van der Waals surface area contributed by atoms with Crippen LogP contribution in [0.15, 0.2) is 23.8 Å². The highest BCUT2D eigenvalue weighted by atomic mass is 17.1. The lowest BCUT2D eigenvalue weighted by Crippen LogP contribution is -1.93. The van der Waals surface area contributed by atoms with Gasteiger partial charge in [-0.25, -0.2) is 4.89 Å². The highest BCUT2D eigenvalue weighted by Crippen LogP contribution is 2.08. The Morgan fingerprint density at radius 1 is 1.56 bits per heavy atom. The third-order valence-corrected chi connectivity index (χ3v) is 1.30. The van der Waals surface area contributed by atoms with Crippen LogP contribution in [0.5, 0.6) is 0 Å². The second kappa shape index (κ2) is 3.43. The Morgan fingerprint density at radius 3 is 3.00 bits per heavy atom. The molecule has 0 aromatic carbocycles. The van der Waals surface area contributed by atoms with Crippen molar-refractivity contribution in [3.63, 3.8) is 0 Å². The van der Waals surface area contributed by atoms with Gasteiger partial charge in [-0.2, -0.15) is 0 Å². The highest BCUT2D eigenvalue weighted by molar-refractivity contribution is 5.22. The highest BCUT2D eigenvalue weighted by Gasteiger charge is 1.94. The Balaban J connectivity index is 2.38. The van der Waals surface area contributed by atoms with E-state index in [4.69, 9.17) is 5.26 Å². The zero-order chi connectivity index (χ0) is 6.53. The summed E-state index contributed by atoms with van der Waals surface area (Å²) in [5.41, 5.74) is 1.06. The van der Waals surface area contributed by atoms with E-state index in [1.165, 1.54) is 0 Å². The minimum Gasteiger partial charge on any atom is -0.251 e. The molecule has 0 aliphatic heterocycles. The van der Waals surface area contributed by atoms with E-state index in [0.29, 0.717) is 6.61 Å². The Labute approximate surface area is 54.4 Å². The first-order valence-electron chi connectivity index (χ1n) is 3.05. The molecule has 0 heterocycles. The van der Waals surface area contributed by atoms with Crippen LogP contribution in [0.1, 0.15) is 12.8 Å². The second-order valence-corrected chi connectivity index (χ2v) is 2.03. The summed E-state index contributed by atoms with van der Waals surface area (Å²) in [5.74, 6) is 0. The third kappa shape index (κ3) is 2.00. The maximum absolute atomic E-state index is 8.04. The molecule has 0 aromatic heterocycles. The number of allylic oxidation sites excluding steroid dienone is 2. The Kier molecular flexibility index (Phi) is 2.48. The predicted octanol–water partition coefficient (Wildman–Crippen LogP) is 1.75. The van der Waals surface area contributed by atoms with Crippen molar-refractivity contribution in [2.75, 3.05) is 6.61 Å².